The Morgan fingerprint density at radius 2 is 2.17 bits per heavy atom. The Morgan fingerprint density at radius 1 is 1.46 bits per heavy atom. The summed E-state index contributed by atoms with van der Waals surface area (Å²) in [5, 5.41) is 14.6. The Kier molecular flexibility index (Phi) is 5.61. The Bertz CT molecular complexity index is 771. The Labute approximate surface area is 144 Å². The van der Waals surface area contributed by atoms with E-state index in [1.807, 2.05) is 31.5 Å². The second-order valence-electron chi connectivity index (χ2n) is 5.70. The van der Waals surface area contributed by atoms with E-state index in [0.717, 1.165) is 21.4 Å². The molecule has 0 saturated heterocycles. The molecule has 0 aliphatic heterocycles. The molecule has 2 aromatic rings. The second-order valence-corrected chi connectivity index (χ2v) is 6.76. The minimum absolute atomic E-state index is 0.0618. The van der Waals surface area contributed by atoms with E-state index in [9.17, 15) is 14.9 Å². The minimum atomic E-state index is -0.404. The van der Waals surface area contributed by atoms with Gasteiger partial charge in [0.2, 0.25) is 5.91 Å². The number of hydrogen-bond donors (Lipinski definition) is 1. The van der Waals surface area contributed by atoms with Crippen molar-refractivity contribution in [1.29, 1.82) is 0 Å². The van der Waals surface area contributed by atoms with Crippen LogP contribution in [0.5, 0.6) is 0 Å². The Morgan fingerprint density at radius 3 is 2.75 bits per heavy atom. The lowest BCUT2D eigenvalue weighted by Gasteiger charge is -2.09. The topological polar surface area (TPSA) is 90.1 Å². The number of carbonyl (C=O) groups excluding carboxylic acids is 1. The van der Waals surface area contributed by atoms with Crippen LogP contribution in [0.2, 0.25) is 0 Å². The van der Waals surface area contributed by atoms with E-state index >= 15 is 0 Å². The van der Waals surface area contributed by atoms with Crippen molar-refractivity contribution in [3.05, 3.63) is 45.9 Å². The van der Waals surface area contributed by atoms with Crippen LogP contribution in [0, 0.1) is 10.1 Å². The molecular formula is C16H20N4O3S. The third-order valence-corrected chi connectivity index (χ3v) is 4.61. The fourth-order valence-corrected chi connectivity index (χ4v) is 3.36. The summed E-state index contributed by atoms with van der Waals surface area (Å²) in [5.74, 6) is 0.835. The third-order valence-electron chi connectivity index (χ3n) is 3.45. The van der Waals surface area contributed by atoms with E-state index in [4.69, 9.17) is 0 Å². The zero-order chi connectivity index (χ0) is 17.9. The van der Waals surface area contributed by atoms with Crippen LogP contribution < -0.4 is 5.32 Å². The maximum atomic E-state index is 11.1. The van der Waals surface area contributed by atoms with E-state index < -0.39 is 4.92 Å². The van der Waals surface area contributed by atoms with Crippen LogP contribution in [0.15, 0.2) is 34.2 Å². The Hall–Kier alpha value is -2.35. The number of benzene rings is 1. The maximum absolute atomic E-state index is 11.1. The van der Waals surface area contributed by atoms with Gasteiger partial charge in [-0.2, -0.15) is 0 Å². The van der Waals surface area contributed by atoms with Gasteiger partial charge in [0.1, 0.15) is 10.9 Å². The second kappa shape index (κ2) is 7.48. The van der Waals surface area contributed by atoms with E-state index in [-0.39, 0.29) is 17.5 Å². The van der Waals surface area contributed by atoms with Gasteiger partial charge in [0.25, 0.3) is 5.69 Å². The summed E-state index contributed by atoms with van der Waals surface area (Å²) in [7, 11) is 1.88. The number of nitro groups is 1. The van der Waals surface area contributed by atoms with Crippen molar-refractivity contribution in [2.24, 2.45) is 7.05 Å². The maximum Gasteiger partial charge on any atom is 0.270 e. The molecule has 0 spiro atoms. The molecule has 1 amide bonds. The number of carbonyl (C=O) groups is 1. The van der Waals surface area contributed by atoms with E-state index in [2.05, 4.69) is 10.3 Å². The number of nitrogens with zero attached hydrogens (tertiary/aromatic N) is 3. The quantitative estimate of drug-likeness (QED) is 0.639. The van der Waals surface area contributed by atoms with Crippen molar-refractivity contribution in [2.75, 3.05) is 0 Å². The zero-order valence-corrected chi connectivity index (χ0v) is 14.9. The molecule has 0 unspecified atom stereocenters. The van der Waals surface area contributed by atoms with Gasteiger partial charge in [-0.3, -0.25) is 14.9 Å². The van der Waals surface area contributed by atoms with Gasteiger partial charge in [-0.25, -0.2) is 4.98 Å². The van der Waals surface area contributed by atoms with Crippen LogP contribution in [0.4, 0.5) is 5.69 Å². The van der Waals surface area contributed by atoms with Crippen molar-refractivity contribution in [2.45, 2.75) is 43.2 Å². The van der Waals surface area contributed by atoms with E-state index in [0.29, 0.717) is 6.54 Å². The van der Waals surface area contributed by atoms with Gasteiger partial charge >= 0.3 is 0 Å². The van der Waals surface area contributed by atoms with Crippen molar-refractivity contribution >= 4 is 23.4 Å². The molecule has 1 N–H and O–H groups in total. The fourth-order valence-electron chi connectivity index (χ4n) is 2.18. The number of rotatable bonds is 6. The molecule has 7 nitrogen and oxygen atoms in total. The summed E-state index contributed by atoms with van der Waals surface area (Å²) in [5.41, 5.74) is 0.973. The van der Waals surface area contributed by atoms with Crippen LogP contribution in [0.1, 0.15) is 38.2 Å². The van der Waals surface area contributed by atoms with Crippen LogP contribution in [0.25, 0.3) is 0 Å². The molecule has 1 heterocycles. The first-order chi connectivity index (χ1) is 11.3. The number of imidazole rings is 1. The molecule has 128 valence electrons. The van der Waals surface area contributed by atoms with Crippen LogP contribution in [-0.2, 0) is 18.4 Å². The SMILES string of the molecule is CC(=O)NCc1nc(C(C)C)c(Sc2cccc([N+](=O)[O-])c2)n1C. The van der Waals surface area contributed by atoms with Crippen LogP contribution in [-0.4, -0.2) is 20.4 Å². The van der Waals surface area contributed by atoms with Crippen molar-refractivity contribution in [3.8, 4) is 0 Å². The summed E-state index contributed by atoms with van der Waals surface area (Å²) >= 11 is 1.44. The number of aromatic nitrogens is 2. The van der Waals surface area contributed by atoms with E-state index in [1.165, 1.54) is 24.8 Å². The largest absolute Gasteiger partial charge is 0.349 e. The van der Waals surface area contributed by atoms with Crippen LogP contribution >= 0.6 is 11.8 Å². The molecule has 1 aromatic carbocycles. The normalized spacial score (nSPS) is 10.9. The van der Waals surface area contributed by atoms with Gasteiger partial charge < -0.3 is 9.88 Å². The van der Waals surface area contributed by atoms with Gasteiger partial charge in [0, 0.05) is 31.0 Å². The molecule has 2 rings (SSSR count). The van der Waals surface area contributed by atoms with Crippen molar-refractivity contribution < 1.29 is 9.72 Å². The highest BCUT2D eigenvalue weighted by atomic mass is 32.2. The van der Waals surface area contributed by atoms with Gasteiger partial charge in [-0.05, 0) is 12.0 Å². The first-order valence-electron chi connectivity index (χ1n) is 7.51. The molecule has 0 saturated carbocycles. The lowest BCUT2D eigenvalue weighted by atomic mass is 10.2. The standard InChI is InChI=1S/C16H20N4O3S/c1-10(2)15-16(19(4)14(18-15)9-17-11(3)21)24-13-7-5-6-12(8-13)20(22)23/h5-8,10H,9H2,1-4H3,(H,17,21). The lowest BCUT2D eigenvalue weighted by Crippen LogP contribution is -2.21. The zero-order valence-electron chi connectivity index (χ0n) is 14.1. The summed E-state index contributed by atoms with van der Waals surface area (Å²) in [6.07, 6.45) is 0. The molecule has 0 aliphatic rings. The summed E-state index contributed by atoms with van der Waals surface area (Å²) < 4.78 is 1.93. The minimum Gasteiger partial charge on any atom is -0.349 e. The number of nitro benzene ring substituents is 1. The smallest absolute Gasteiger partial charge is 0.270 e. The number of nitrogens with one attached hydrogen (secondary N) is 1. The molecule has 1 aromatic heterocycles. The van der Waals surface area contributed by atoms with Gasteiger partial charge in [0.15, 0.2) is 0 Å². The highest BCUT2D eigenvalue weighted by Gasteiger charge is 2.19. The van der Waals surface area contributed by atoms with E-state index in [1.54, 1.807) is 12.1 Å². The van der Waals surface area contributed by atoms with Gasteiger partial charge in [-0.15, -0.1) is 0 Å². The predicted octanol–water partition coefficient (Wildman–Crippen LogP) is 3.24. The summed E-state index contributed by atoms with van der Waals surface area (Å²) in [6.45, 7) is 5.90. The van der Waals surface area contributed by atoms with Crippen LogP contribution in [0.3, 0.4) is 0 Å². The highest BCUT2D eigenvalue weighted by molar-refractivity contribution is 7.99. The Balaban J connectivity index is 2.36. The molecule has 0 radical (unpaired) electrons. The van der Waals surface area contributed by atoms with Crippen molar-refractivity contribution in [3.63, 3.8) is 0 Å². The molecule has 0 bridgehead atoms. The van der Waals surface area contributed by atoms with Gasteiger partial charge in [0.05, 0.1) is 17.2 Å². The molecular weight excluding hydrogens is 328 g/mol. The number of non-ortho nitro benzene ring substituents is 1. The average molecular weight is 348 g/mol. The monoisotopic (exact) mass is 348 g/mol. The van der Waals surface area contributed by atoms with Crippen molar-refractivity contribution in [1.82, 2.24) is 14.9 Å². The number of amides is 1. The molecule has 0 atom stereocenters. The number of hydrogen-bond acceptors (Lipinski definition) is 5. The molecule has 24 heavy (non-hydrogen) atoms. The first-order valence-corrected chi connectivity index (χ1v) is 8.33. The third kappa shape index (κ3) is 4.14. The molecule has 0 aliphatic carbocycles. The fraction of sp³-hybridized carbons (Fsp3) is 0.375. The average Bonchev–Trinajstić information content (AvgIpc) is 2.82. The summed E-state index contributed by atoms with van der Waals surface area (Å²) in [6, 6.07) is 6.53. The predicted molar refractivity (Wildman–Crippen MR) is 92.0 cm³/mol. The highest BCUT2D eigenvalue weighted by Crippen LogP contribution is 2.35. The molecule has 8 heteroatoms. The van der Waals surface area contributed by atoms with Gasteiger partial charge in [-0.1, -0.05) is 31.7 Å². The molecule has 0 fully saturated rings. The first kappa shape index (κ1) is 18.0. The summed E-state index contributed by atoms with van der Waals surface area (Å²) in [4.78, 5) is 27.1. The lowest BCUT2D eigenvalue weighted by molar-refractivity contribution is -0.385.